The van der Waals surface area contributed by atoms with Crippen LogP contribution in [0.25, 0.3) is 22.5 Å². The zero-order valence-electron chi connectivity index (χ0n) is 15.3. The highest BCUT2D eigenvalue weighted by Crippen LogP contribution is 2.38. The molecular formula is C21H21FN2O4. The van der Waals surface area contributed by atoms with Crippen LogP contribution in [0, 0.1) is 5.82 Å². The van der Waals surface area contributed by atoms with E-state index in [1.165, 1.54) is 12.1 Å². The van der Waals surface area contributed by atoms with Crippen LogP contribution in [-0.4, -0.2) is 47.7 Å². The number of aliphatic hydroxyl groups excluding tert-OH is 1. The number of hydrogen-bond acceptors (Lipinski definition) is 5. The minimum absolute atomic E-state index is 0.0141. The first-order valence-corrected chi connectivity index (χ1v) is 9.16. The maximum Gasteiger partial charge on any atom is 0.162 e. The van der Waals surface area contributed by atoms with Crippen molar-refractivity contribution in [3.63, 3.8) is 0 Å². The van der Waals surface area contributed by atoms with E-state index in [1.54, 1.807) is 18.5 Å². The molecule has 0 spiro atoms. The molecule has 0 bridgehead atoms. The summed E-state index contributed by atoms with van der Waals surface area (Å²) >= 11 is 0. The first-order valence-electron chi connectivity index (χ1n) is 9.16. The van der Waals surface area contributed by atoms with Crippen molar-refractivity contribution in [2.45, 2.75) is 6.54 Å². The zero-order valence-corrected chi connectivity index (χ0v) is 15.3. The predicted octanol–water partition coefficient (Wildman–Crippen LogP) is 3.14. The average molecular weight is 384 g/mol. The summed E-state index contributed by atoms with van der Waals surface area (Å²) < 4.78 is 32.1. The lowest BCUT2D eigenvalue weighted by Gasteiger charge is -2.19. The van der Waals surface area contributed by atoms with Crippen LogP contribution >= 0.6 is 0 Å². The first kappa shape index (κ1) is 18.5. The average Bonchev–Trinajstić information content (AvgIpc) is 3.15. The molecule has 0 fully saturated rings. The fourth-order valence-corrected chi connectivity index (χ4v) is 3.19. The lowest BCUT2D eigenvalue weighted by atomic mass is 10.0. The number of imidazole rings is 1. The van der Waals surface area contributed by atoms with Crippen molar-refractivity contribution in [3.8, 4) is 34.0 Å². The van der Waals surface area contributed by atoms with Crippen molar-refractivity contribution in [3.05, 3.63) is 54.6 Å². The van der Waals surface area contributed by atoms with Gasteiger partial charge in [0.25, 0.3) is 0 Å². The van der Waals surface area contributed by atoms with Crippen molar-refractivity contribution in [1.82, 2.24) is 9.55 Å². The number of hydrogen-bond donors (Lipinski definition) is 1. The summed E-state index contributed by atoms with van der Waals surface area (Å²) in [6.45, 7) is 2.33. The highest BCUT2D eigenvalue weighted by atomic mass is 19.1. The molecular weight excluding hydrogens is 363 g/mol. The largest absolute Gasteiger partial charge is 0.486 e. The van der Waals surface area contributed by atoms with E-state index in [0.29, 0.717) is 38.7 Å². The van der Waals surface area contributed by atoms with Gasteiger partial charge in [-0.05, 0) is 42.5 Å². The monoisotopic (exact) mass is 384 g/mol. The number of aromatic nitrogens is 2. The maximum absolute atomic E-state index is 13.4. The van der Waals surface area contributed by atoms with Crippen LogP contribution in [0.4, 0.5) is 4.39 Å². The Hall–Kier alpha value is -2.90. The second-order valence-electron chi connectivity index (χ2n) is 6.34. The predicted molar refractivity (Wildman–Crippen MR) is 102 cm³/mol. The molecule has 1 N–H and O–H groups in total. The van der Waals surface area contributed by atoms with E-state index in [1.807, 2.05) is 22.8 Å². The Morgan fingerprint density at radius 1 is 1.00 bits per heavy atom. The smallest absolute Gasteiger partial charge is 0.162 e. The lowest BCUT2D eigenvalue weighted by molar-refractivity contribution is 0.0872. The molecule has 4 rings (SSSR count). The van der Waals surface area contributed by atoms with Crippen molar-refractivity contribution >= 4 is 0 Å². The molecule has 146 valence electrons. The highest BCUT2D eigenvalue weighted by molar-refractivity contribution is 5.79. The second-order valence-corrected chi connectivity index (χ2v) is 6.34. The third-order valence-corrected chi connectivity index (χ3v) is 4.48. The molecule has 1 aliphatic rings. The van der Waals surface area contributed by atoms with Gasteiger partial charge in [-0.2, -0.15) is 0 Å². The fourth-order valence-electron chi connectivity index (χ4n) is 3.19. The van der Waals surface area contributed by atoms with E-state index in [2.05, 4.69) is 4.98 Å². The van der Waals surface area contributed by atoms with Gasteiger partial charge in [0.15, 0.2) is 11.5 Å². The van der Waals surface area contributed by atoms with Crippen LogP contribution in [0.1, 0.15) is 0 Å². The minimum atomic E-state index is -0.290. The summed E-state index contributed by atoms with van der Waals surface area (Å²) in [5.41, 5.74) is 3.37. The minimum Gasteiger partial charge on any atom is -0.486 e. The quantitative estimate of drug-likeness (QED) is 0.634. The molecule has 28 heavy (non-hydrogen) atoms. The zero-order chi connectivity index (χ0) is 19.3. The maximum atomic E-state index is 13.4. The summed E-state index contributed by atoms with van der Waals surface area (Å²) in [6, 6.07) is 12.1. The van der Waals surface area contributed by atoms with Gasteiger partial charge in [-0.1, -0.05) is 0 Å². The molecule has 0 saturated carbocycles. The van der Waals surface area contributed by atoms with Gasteiger partial charge in [0, 0.05) is 17.7 Å². The second kappa shape index (κ2) is 8.41. The molecule has 0 amide bonds. The molecule has 3 aromatic rings. The summed E-state index contributed by atoms with van der Waals surface area (Å²) in [7, 11) is 0. The Morgan fingerprint density at radius 2 is 1.75 bits per heavy atom. The number of fused-ring (bicyclic) bond motifs is 1. The summed E-state index contributed by atoms with van der Waals surface area (Å²) in [5.74, 6) is 1.12. The van der Waals surface area contributed by atoms with Gasteiger partial charge >= 0.3 is 0 Å². The molecule has 0 unspecified atom stereocenters. The van der Waals surface area contributed by atoms with Gasteiger partial charge in [-0.15, -0.1) is 0 Å². The number of aliphatic hydroxyl groups is 1. The molecule has 7 heteroatoms. The molecule has 6 nitrogen and oxygen atoms in total. The molecule has 1 aliphatic heterocycles. The van der Waals surface area contributed by atoms with Crippen LogP contribution in [0.15, 0.2) is 48.8 Å². The summed E-state index contributed by atoms with van der Waals surface area (Å²) in [4.78, 5) is 4.57. The first-order chi connectivity index (χ1) is 13.8. The fraction of sp³-hybridized carbons (Fsp3) is 0.286. The Labute approximate surface area is 162 Å². The van der Waals surface area contributed by atoms with E-state index in [9.17, 15) is 4.39 Å². The van der Waals surface area contributed by atoms with Gasteiger partial charge < -0.3 is 23.9 Å². The number of halogens is 1. The number of ether oxygens (including phenoxy) is 3. The van der Waals surface area contributed by atoms with E-state index in [0.717, 1.165) is 28.3 Å². The van der Waals surface area contributed by atoms with E-state index >= 15 is 0 Å². The third-order valence-electron chi connectivity index (χ3n) is 4.48. The van der Waals surface area contributed by atoms with Gasteiger partial charge in [0.05, 0.1) is 37.5 Å². The van der Waals surface area contributed by atoms with Crippen LogP contribution < -0.4 is 9.47 Å². The van der Waals surface area contributed by atoms with Crippen LogP contribution in [0.5, 0.6) is 11.5 Å². The summed E-state index contributed by atoms with van der Waals surface area (Å²) in [6.07, 6.45) is 1.74. The Morgan fingerprint density at radius 3 is 2.54 bits per heavy atom. The summed E-state index contributed by atoms with van der Waals surface area (Å²) in [5, 5.41) is 8.88. The Kier molecular flexibility index (Phi) is 5.55. The van der Waals surface area contributed by atoms with Gasteiger partial charge in [-0.3, -0.25) is 0 Å². The third kappa shape index (κ3) is 3.85. The molecule has 2 heterocycles. The van der Waals surface area contributed by atoms with E-state index in [4.69, 9.17) is 19.3 Å². The SMILES string of the molecule is OCCOCCn1cnc(-c2ccc(F)cc2)c1-c1ccc2c(c1)OCCO2. The van der Waals surface area contributed by atoms with Crippen molar-refractivity contribution in [2.75, 3.05) is 33.0 Å². The standard InChI is InChI=1S/C21H21FN2O4/c22-17-4-1-15(2-5-17)20-21(24(14-23-20)7-9-26-10-8-25)16-3-6-18-19(13-16)28-12-11-27-18/h1-6,13-14,25H,7-12H2. The molecule has 0 radical (unpaired) electrons. The van der Waals surface area contributed by atoms with E-state index < -0.39 is 0 Å². The molecule has 0 saturated heterocycles. The van der Waals surface area contributed by atoms with Crippen LogP contribution in [0.3, 0.4) is 0 Å². The molecule has 1 aromatic heterocycles. The van der Waals surface area contributed by atoms with Gasteiger partial charge in [0.1, 0.15) is 19.0 Å². The Bertz CT molecular complexity index is 940. The Balaban J connectivity index is 1.73. The topological polar surface area (TPSA) is 65.7 Å². The molecule has 0 aliphatic carbocycles. The van der Waals surface area contributed by atoms with Crippen molar-refractivity contribution < 1.29 is 23.7 Å². The van der Waals surface area contributed by atoms with Crippen LogP contribution in [-0.2, 0) is 11.3 Å². The van der Waals surface area contributed by atoms with E-state index in [-0.39, 0.29) is 12.4 Å². The van der Waals surface area contributed by atoms with Crippen molar-refractivity contribution in [2.24, 2.45) is 0 Å². The lowest BCUT2D eigenvalue weighted by Crippen LogP contribution is -2.15. The van der Waals surface area contributed by atoms with Gasteiger partial charge in [0.2, 0.25) is 0 Å². The normalized spacial score (nSPS) is 12.9. The molecule has 0 atom stereocenters. The highest BCUT2D eigenvalue weighted by Gasteiger charge is 2.19. The molecule has 2 aromatic carbocycles. The van der Waals surface area contributed by atoms with Crippen LogP contribution in [0.2, 0.25) is 0 Å². The number of benzene rings is 2. The van der Waals surface area contributed by atoms with Gasteiger partial charge in [-0.25, -0.2) is 9.37 Å². The number of rotatable bonds is 7. The number of nitrogens with zero attached hydrogens (tertiary/aromatic N) is 2. The van der Waals surface area contributed by atoms with Crippen molar-refractivity contribution in [1.29, 1.82) is 0 Å².